The number of carbonyl (C=O) groups excluding carboxylic acids is 2. The maximum atomic E-state index is 12.3. The molecule has 0 atom stereocenters. The van der Waals surface area contributed by atoms with Crippen molar-refractivity contribution >= 4 is 11.9 Å². The third kappa shape index (κ3) is 3.17. The maximum absolute atomic E-state index is 12.3. The molecular formula is C11H20N2O4. The number of methoxy groups -OCH3 is 1. The Balaban J connectivity index is 2.67. The van der Waals surface area contributed by atoms with E-state index in [9.17, 15) is 9.59 Å². The molecule has 0 unspecified atom stereocenters. The van der Waals surface area contributed by atoms with Crippen LogP contribution in [0.1, 0.15) is 12.8 Å². The van der Waals surface area contributed by atoms with Crippen LogP contribution in [0.2, 0.25) is 0 Å². The number of hydrogen-bond acceptors (Lipinski definition) is 5. The third-order valence-electron chi connectivity index (χ3n) is 3.23. The van der Waals surface area contributed by atoms with E-state index in [4.69, 9.17) is 10.5 Å². The minimum atomic E-state index is -0.582. The van der Waals surface area contributed by atoms with Gasteiger partial charge in [0.15, 0.2) is 0 Å². The van der Waals surface area contributed by atoms with Crippen molar-refractivity contribution in [3.8, 4) is 0 Å². The van der Waals surface area contributed by atoms with E-state index in [1.807, 2.05) is 0 Å². The predicted molar refractivity (Wildman–Crippen MR) is 61.2 cm³/mol. The topological polar surface area (TPSA) is 81.9 Å². The molecule has 0 saturated carbocycles. The summed E-state index contributed by atoms with van der Waals surface area (Å²) in [5, 5.41) is 0. The molecule has 0 bridgehead atoms. The summed E-state index contributed by atoms with van der Waals surface area (Å²) in [4.78, 5) is 24.8. The molecule has 1 fully saturated rings. The fourth-order valence-corrected chi connectivity index (χ4v) is 2.00. The molecule has 0 radical (unpaired) electrons. The van der Waals surface area contributed by atoms with Gasteiger partial charge in [0.2, 0.25) is 5.91 Å². The summed E-state index contributed by atoms with van der Waals surface area (Å²) >= 11 is 0. The Morgan fingerprint density at radius 3 is 2.47 bits per heavy atom. The average molecular weight is 244 g/mol. The van der Waals surface area contributed by atoms with Crippen LogP contribution in [0.3, 0.4) is 0 Å². The SMILES string of the molecule is COC(=O)CN(C)C(=O)C1(CN)CCOCC1. The highest BCUT2D eigenvalue weighted by molar-refractivity contribution is 5.86. The summed E-state index contributed by atoms with van der Waals surface area (Å²) in [6.45, 7) is 1.31. The lowest BCUT2D eigenvalue weighted by Crippen LogP contribution is -2.50. The molecule has 2 N–H and O–H groups in total. The van der Waals surface area contributed by atoms with Crippen LogP contribution in [-0.2, 0) is 19.1 Å². The molecule has 0 aromatic heterocycles. The quantitative estimate of drug-likeness (QED) is 0.666. The zero-order valence-electron chi connectivity index (χ0n) is 10.4. The third-order valence-corrected chi connectivity index (χ3v) is 3.23. The van der Waals surface area contributed by atoms with Crippen molar-refractivity contribution in [3.05, 3.63) is 0 Å². The number of ether oxygens (including phenoxy) is 2. The highest BCUT2D eigenvalue weighted by Gasteiger charge is 2.40. The average Bonchev–Trinajstić information content (AvgIpc) is 2.38. The van der Waals surface area contributed by atoms with E-state index in [2.05, 4.69) is 4.74 Å². The Labute approximate surface area is 101 Å². The standard InChI is InChI=1S/C11H20N2O4/c1-13(7-9(14)16-2)10(15)11(8-12)3-5-17-6-4-11/h3-8,12H2,1-2H3. The van der Waals surface area contributed by atoms with Crippen molar-refractivity contribution in [2.75, 3.05) is 40.5 Å². The fourth-order valence-electron chi connectivity index (χ4n) is 2.00. The number of nitrogens with two attached hydrogens (primary N) is 1. The normalized spacial score (nSPS) is 18.5. The number of amides is 1. The van der Waals surface area contributed by atoms with Crippen molar-refractivity contribution in [1.82, 2.24) is 4.90 Å². The molecule has 1 aliphatic rings. The first kappa shape index (κ1) is 13.9. The van der Waals surface area contributed by atoms with Gasteiger partial charge in [-0.25, -0.2) is 0 Å². The van der Waals surface area contributed by atoms with Gasteiger partial charge in [0.1, 0.15) is 6.54 Å². The van der Waals surface area contributed by atoms with E-state index in [-0.39, 0.29) is 19.0 Å². The largest absolute Gasteiger partial charge is 0.468 e. The van der Waals surface area contributed by atoms with Gasteiger partial charge in [0, 0.05) is 26.8 Å². The molecule has 6 heteroatoms. The van der Waals surface area contributed by atoms with Gasteiger partial charge in [0.25, 0.3) is 0 Å². The molecule has 1 amide bonds. The fraction of sp³-hybridized carbons (Fsp3) is 0.818. The molecule has 98 valence electrons. The van der Waals surface area contributed by atoms with Crippen molar-refractivity contribution < 1.29 is 19.1 Å². The molecule has 0 aromatic rings. The van der Waals surface area contributed by atoms with Gasteiger partial charge in [-0.2, -0.15) is 0 Å². The molecule has 1 rings (SSSR count). The highest BCUT2D eigenvalue weighted by Crippen LogP contribution is 2.31. The van der Waals surface area contributed by atoms with Crippen LogP contribution < -0.4 is 5.73 Å². The lowest BCUT2D eigenvalue weighted by atomic mass is 9.79. The molecule has 0 aromatic carbocycles. The predicted octanol–water partition coefficient (Wildman–Crippen LogP) is -0.627. The summed E-state index contributed by atoms with van der Waals surface area (Å²) in [6.07, 6.45) is 1.21. The number of hydrogen-bond donors (Lipinski definition) is 1. The van der Waals surface area contributed by atoms with Crippen LogP contribution in [0, 0.1) is 5.41 Å². The summed E-state index contributed by atoms with van der Waals surface area (Å²) in [5.74, 6) is -0.534. The van der Waals surface area contributed by atoms with Gasteiger partial charge < -0.3 is 20.1 Å². The molecule has 6 nitrogen and oxygen atoms in total. The van der Waals surface area contributed by atoms with E-state index in [0.717, 1.165) is 0 Å². The molecule has 1 saturated heterocycles. The summed E-state index contributed by atoms with van der Waals surface area (Å²) < 4.78 is 9.78. The number of likely N-dealkylation sites (N-methyl/N-ethyl adjacent to an activating group) is 1. The Kier molecular flexibility index (Phi) is 4.89. The number of nitrogens with zero attached hydrogens (tertiary/aromatic N) is 1. The van der Waals surface area contributed by atoms with Gasteiger partial charge in [-0.3, -0.25) is 9.59 Å². The van der Waals surface area contributed by atoms with E-state index in [0.29, 0.717) is 26.1 Å². The second kappa shape index (κ2) is 5.97. The summed E-state index contributed by atoms with van der Waals surface area (Å²) in [7, 11) is 2.89. The van der Waals surface area contributed by atoms with E-state index < -0.39 is 11.4 Å². The van der Waals surface area contributed by atoms with Crippen molar-refractivity contribution in [1.29, 1.82) is 0 Å². The van der Waals surface area contributed by atoms with Gasteiger partial charge in [-0.1, -0.05) is 0 Å². The molecular weight excluding hydrogens is 224 g/mol. The minimum Gasteiger partial charge on any atom is -0.468 e. The Morgan fingerprint density at radius 1 is 1.41 bits per heavy atom. The molecule has 1 aliphatic heterocycles. The number of rotatable bonds is 4. The minimum absolute atomic E-state index is 0.0437. The Bertz CT molecular complexity index is 287. The van der Waals surface area contributed by atoms with Gasteiger partial charge in [-0.05, 0) is 12.8 Å². The van der Waals surface area contributed by atoms with Crippen molar-refractivity contribution in [2.24, 2.45) is 11.1 Å². The van der Waals surface area contributed by atoms with E-state index in [1.54, 1.807) is 7.05 Å². The van der Waals surface area contributed by atoms with Crippen LogP contribution in [0.5, 0.6) is 0 Å². The molecule has 1 heterocycles. The zero-order valence-corrected chi connectivity index (χ0v) is 10.4. The lowest BCUT2D eigenvalue weighted by molar-refractivity contribution is -0.153. The number of esters is 1. The van der Waals surface area contributed by atoms with Crippen LogP contribution in [-0.4, -0.2) is 57.2 Å². The van der Waals surface area contributed by atoms with Gasteiger partial charge in [0.05, 0.1) is 12.5 Å². The van der Waals surface area contributed by atoms with Crippen molar-refractivity contribution in [2.45, 2.75) is 12.8 Å². The maximum Gasteiger partial charge on any atom is 0.325 e. The first-order chi connectivity index (χ1) is 8.05. The van der Waals surface area contributed by atoms with Crippen molar-refractivity contribution in [3.63, 3.8) is 0 Å². The van der Waals surface area contributed by atoms with E-state index >= 15 is 0 Å². The Morgan fingerprint density at radius 2 is 2.00 bits per heavy atom. The smallest absolute Gasteiger partial charge is 0.325 e. The highest BCUT2D eigenvalue weighted by atomic mass is 16.5. The van der Waals surface area contributed by atoms with Crippen LogP contribution in [0.15, 0.2) is 0 Å². The molecule has 0 aliphatic carbocycles. The molecule has 17 heavy (non-hydrogen) atoms. The first-order valence-electron chi connectivity index (χ1n) is 5.66. The monoisotopic (exact) mass is 244 g/mol. The summed E-state index contributed by atoms with van der Waals surface area (Å²) in [6, 6.07) is 0. The van der Waals surface area contributed by atoms with Gasteiger partial charge in [-0.15, -0.1) is 0 Å². The van der Waals surface area contributed by atoms with Crippen LogP contribution in [0.4, 0.5) is 0 Å². The second-order valence-corrected chi connectivity index (χ2v) is 4.33. The molecule has 0 spiro atoms. The van der Waals surface area contributed by atoms with E-state index in [1.165, 1.54) is 12.0 Å². The summed E-state index contributed by atoms with van der Waals surface area (Å²) in [5.41, 5.74) is 5.14. The van der Waals surface area contributed by atoms with Crippen LogP contribution in [0.25, 0.3) is 0 Å². The number of carbonyl (C=O) groups is 2. The zero-order chi connectivity index (χ0) is 12.9. The van der Waals surface area contributed by atoms with Gasteiger partial charge >= 0.3 is 5.97 Å². The lowest BCUT2D eigenvalue weighted by Gasteiger charge is -2.37. The first-order valence-corrected chi connectivity index (χ1v) is 5.66. The Hall–Kier alpha value is -1.14. The second-order valence-electron chi connectivity index (χ2n) is 4.33. The van der Waals surface area contributed by atoms with Crippen LogP contribution >= 0.6 is 0 Å².